The van der Waals surface area contributed by atoms with Gasteiger partial charge in [-0.25, -0.2) is 0 Å². The van der Waals surface area contributed by atoms with Gasteiger partial charge in [-0.05, 0) is 31.2 Å². The molecule has 0 aliphatic heterocycles. The van der Waals surface area contributed by atoms with Crippen molar-refractivity contribution >= 4 is 0 Å². The second-order valence-corrected chi connectivity index (χ2v) is 4.76. The third-order valence-electron chi connectivity index (χ3n) is 3.12. The van der Waals surface area contributed by atoms with Crippen molar-refractivity contribution in [3.05, 3.63) is 29.8 Å². The second-order valence-electron chi connectivity index (χ2n) is 4.76. The van der Waals surface area contributed by atoms with Gasteiger partial charge in [0.05, 0.1) is 19.7 Å². The predicted molar refractivity (Wildman–Crippen MR) is 72.7 cm³/mol. The first-order valence-electron chi connectivity index (χ1n) is 6.48. The molecule has 0 heterocycles. The molecule has 0 saturated carbocycles. The molecule has 114 valence electrons. The standard InChI is InChI=1S/C14H21F3N2O/c1-4-19(9-14(15,16)17)13(10(2)18)11-6-5-7-12(8-11)20-3/h5-8,10,13H,4,9,18H2,1-3H3. The normalized spacial score (nSPS) is 15.2. The third kappa shape index (κ3) is 4.68. The lowest BCUT2D eigenvalue weighted by molar-refractivity contribution is -0.151. The summed E-state index contributed by atoms with van der Waals surface area (Å²) in [4.78, 5) is 1.33. The lowest BCUT2D eigenvalue weighted by Gasteiger charge is -2.34. The Bertz CT molecular complexity index is 421. The molecule has 20 heavy (non-hydrogen) atoms. The van der Waals surface area contributed by atoms with Gasteiger partial charge in [0.2, 0.25) is 0 Å². The van der Waals surface area contributed by atoms with Crippen LogP contribution >= 0.6 is 0 Å². The summed E-state index contributed by atoms with van der Waals surface area (Å²) in [5, 5.41) is 0. The van der Waals surface area contributed by atoms with Crippen LogP contribution in [0.25, 0.3) is 0 Å². The minimum Gasteiger partial charge on any atom is -0.497 e. The molecule has 0 aliphatic rings. The fourth-order valence-electron chi connectivity index (χ4n) is 2.31. The van der Waals surface area contributed by atoms with Crippen molar-refractivity contribution in [1.82, 2.24) is 4.90 Å². The van der Waals surface area contributed by atoms with Crippen LogP contribution in [-0.4, -0.2) is 37.3 Å². The van der Waals surface area contributed by atoms with Crippen LogP contribution in [-0.2, 0) is 0 Å². The van der Waals surface area contributed by atoms with Gasteiger partial charge in [-0.3, -0.25) is 4.90 Å². The summed E-state index contributed by atoms with van der Waals surface area (Å²) < 4.78 is 43.1. The molecule has 2 N–H and O–H groups in total. The Morgan fingerprint density at radius 3 is 2.45 bits per heavy atom. The Morgan fingerprint density at radius 1 is 1.35 bits per heavy atom. The Labute approximate surface area is 117 Å². The summed E-state index contributed by atoms with van der Waals surface area (Å²) in [5.41, 5.74) is 6.63. The van der Waals surface area contributed by atoms with E-state index in [2.05, 4.69) is 0 Å². The number of ether oxygens (including phenoxy) is 1. The maximum Gasteiger partial charge on any atom is 0.401 e. The van der Waals surface area contributed by atoms with Crippen LogP contribution in [0.5, 0.6) is 5.75 Å². The van der Waals surface area contributed by atoms with Gasteiger partial charge in [0.1, 0.15) is 5.75 Å². The van der Waals surface area contributed by atoms with Gasteiger partial charge in [-0.15, -0.1) is 0 Å². The van der Waals surface area contributed by atoms with Crippen LogP contribution < -0.4 is 10.5 Å². The molecule has 1 aromatic carbocycles. The number of nitrogens with zero attached hydrogens (tertiary/aromatic N) is 1. The van der Waals surface area contributed by atoms with Crippen LogP contribution in [0, 0.1) is 0 Å². The SMILES string of the molecule is CCN(CC(F)(F)F)C(c1cccc(OC)c1)C(C)N. The van der Waals surface area contributed by atoms with Crippen molar-refractivity contribution in [2.24, 2.45) is 5.73 Å². The first-order chi connectivity index (χ1) is 9.28. The largest absolute Gasteiger partial charge is 0.497 e. The van der Waals surface area contributed by atoms with E-state index in [1.807, 2.05) is 0 Å². The Hall–Kier alpha value is -1.27. The zero-order valence-electron chi connectivity index (χ0n) is 11.9. The van der Waals surface area contributed by atoms with Crippen LogP contribution in [0.1, 0.15) is 25.5 Å². The highest BCUT2D eigenvalue weighted by Gasteiger charge is 2.35. The Morgan fingerprint density at radius 2 is 2.00 bits per heavy atom. The smallest absolute Gasteiger partial charge is 0.401 e. The zero-order valence-corrected chi connectivity index (χ0v) is 11.9. The van der Waals surface area contributed by atoms with Gasteiger partial charge in [0.25, 0.3) is 0 Å². The number of halogens is 3. The maximum absolute atomic E-state index is 12.7. The second kappa shape index (κ2) is 6.95. The fraction of sp³-hybridized carbons (Fsp3) is 0.571. The molecule has 1 aromatic rings. The molecule has 0 amide bonds. The van der Waals surface area contributed by atoms with Crippen molar-refractivity contribution in [3.8, 4) is 5.75 Å². The topological polar surface area (TPSA) is 38.5 Å². The third-order valence-corrected chi connectivity index (χ3v) is 3.12. The highest BCUT2D eigenvalue weighted by molar-refractivity contribution is 5.31. The lowest BCUT2D eigenvalue weighted by atomic mass is 9.98. The maximum atomic E-state index is 12.7. The van der Waals surface area contributed by atoms with Crippen molar-refractivity contribution in [2.75, 3.05) is 20.2 Å². The average Bonchev–Trinajstić information content (AvgIpc) is 2.36. The summed E-state index contributed by atoms with van der Waals surface area (Å²) >= 11 is 0. The van der Waals surface area contributed by atoms with E-state index in [9.17, 15) is 13.2 Å². The summed E-state index contributed by atoms with van der Waals surface area (Å²) in [6, 6.07) is 6.08. The van der Waals surface area contributed by atoms with E-state index in [4.69, 9.17) is 10.5 Å². The summed E-state index contributed by atoms with van der Waals surface area (Å²) in [6.45, 7) is 2.69. The number of alkyl halides is 3. The number of rotatable bonds is 6. The quantitative estimate of drug-likeness (QED) is 0.875. The summed E-state index contributed by atoms with van der Waals surface area (Å²) in [5.74, 6) is 0.608. The molecule has 0 radical (unpaired) electrons. The number of hydrogen-bond donors (Lipinski definition) is 1. The molecular weight excluding hydrogens is 269 g/mol. The summed E-state index contributed by atoms with van der Waals surface area (Å²) in [6.07, 6.45) is -4.25. The van der Waals surface area contributed by atoms with Crippen molar-refractivity contribution in [2.45, 2.75) is 32.1 Å². The van der Waals surface area contributed by atoms with Gasteiger partial charge >= 0.3 is 6.18 Å². The lowest BCUT2D eigenvalue weighted by Crippen LogP contribution is -2.43. The predicted octanol–water partition coefficient (Wildman–Crippen LogP) is 2.97. The Kier molecular flexibility index (Phi) is 5.83. The zero-order chi connectivity index (χ0) is 15.3. The van der Waals surface area contributed by atoms with Crippen LogP contribution in [0.2, 0.25) is 0 Å². The molecule has 0 saturated heterocycles. The van der Waals surface area contributed by atoms with Crippen molar-refractivity contribution in [1.29, 1.82) is 0 Å². The van der Waals surface area contributed by atoms with E-state index in [0.29, 0.717) is 5.75 Å². The fourth-order valence-corrected chi connectivity index (χ4v) is 2.31. The van der Waals surface area contributed by atoms with Gasteiger partial charge < -0.3 is 10.5 Å². The summed E-state index contributed by atoms with van der Waals surface area (Å²) in [7, 11) is 1.52. The van der Waals surface area contributed by atoms with Gasteiger partial charge in [0, 0.05) is 6.04 Å². The highest BCUT2D eigenvalue weighted by atomic mass is 19.4. The van der Waals surface area contributed by atoms with Gasteiger partial charge in [-0.2, -0.15) is 13.2 Å². The van der Waals surface area contributed by atoms with Crippen LogP contribution in [0.3, 0.4) is 0 Å². The monoisotopic (exact) mass is 290 g/mol. The Balaban J connectivity index is 3.08. The number of likely N-dealkylation sites (N-methyl/N-ethyl adjacent to an activating group) is 1. The van der Waals surface area contributed by atoms with Crippen LogP contribution in [0.4, 0.5) is 13.2 Å². The van der Waals surface area contributed by atoms with Crippen molar-refractivity contribution < 1.29 is 17.9 Å². The minimum atomic E-state index is -4.25. The molecule has 1 rings (SSSR count). The van der Waals surface area contributed by atoms with Crippen molar-refractivity contribution in [3.63, 3.8) is 0 Å². The molecule has 0 aromatic heterocycles. The van der Waals surface area contributed by atoms with E-state index in [1.54, 1.807) is 38.1 Å². The molecule has 0 fully saturated rings. The molecule has 0 aliphatic carbocycles. The van der Waals surface area contributed by atoms with E-state index < -0.39 is 24.8 Å². The molecule has 2 atom stereocenters. The van der Waals surface area contributed by atoms with E-state index >= 15 is 0 Å². The minimum absolute atomic E-state index is 0.267. The highest BCUT2D eigenvalue weighted by Crippen LogP contribution is 2.29. The van der Waals surface area contributed by atoms with E-state index in [1.165, 1.54) is 12.0 Å². The van der Waals surface area contributed by atoms with E-state index in [0.717, 1.165) is 5.56 Å². The molecule has 0 spiro atoms. The number of methoxy groups -OCH3 is 1. The molecular formula is C14H21F3N2O. The average molecular weight is 290 g/mol. The number of hydrogen-bond acceptors (Lipinski definition) is 3. The first kappa shape index (κ1) is 16.8. The molecule has 6 heteroatoms. The number of nitrogens with two attached hydrogens (primary N) is 1. The van der Waals surface area contributed by atoms with E-state index in [-0.39, 0.29) is 6.54 Å². The molecule has 2 unspecified atom stereocenters. The number of benzene rings is 1. The molecule has 0 bridgehead atoms. The molecule has 3 nitrogen and oxygen atoms in total. The first-order valence-corrected chi connectivity index (χ1v) is 6.48. The van der Waals surface area contributed by atoms with Gasteiger partial charge in [-0.1, -0.05) is 19.1 Å². The van der Waals surface area contributed by atoms with Gasteiger partial charge in [0.15, 0.2) is 0 Å². The van der Waals surface area contributed by atoms with Crippen LogP contribution in [0.15, 0.2) is 24.3 Å².